The summed E-state index contributed by atoms with van der Waals surface area (Å²) in [6.45, 7) is 7.85. The topological polar surface area (TPSA) is 56.8 Å². The van der Waals surface area contributed by atoms with Gasteiger partial charge in [-0.3, -0.25) is 0 Å². The lowest BCUT2D eigenvalue weighted by molar-refractivity contribution is 0.000183. The number of nitrogens with one attached hydrogen (secondary N) is 1. The third kappa shape index (κ3) is 6.87. The molecule has 0 aliphatic heterocycles. The van der Waals surface area contributed by atoms with Gasteiger partial charge in [0.2, 0.25) is 0 Å². The van der Waals surface area contributed by atoms with E-state index < -0.39 is 17.3 Å². The Balaban J connectivity index is 1.68. The second kappa shape index (κ2) is 12.2. The first-order chi connectivity index (χ1) is 18.7. The lowest BCUT2D eigenvalue weighted by Gasteiger charge is -2.36. The van der Waals surface area contributed by atoms with E-state index in [4.69, 9.17) is 14.2 Å². The van der Waals surface area contributed by atoms with Crippen molar-refractivity contribution in [3.8, 4) is 5.75 Å². The molecule has 0 spiro atoms. The second-order valence-electron chi connectivity index (χ2n) is 10.5. The van der Waals surface area contributed by atoms with Gasteiger partial charge in [-0.2, -0.15) is 0 Å². The predicted octanol–water partition coefficient (Wildman–Crippen LogP) is 7.79. The first-order valence-corrected chi connectivity index (χ1v) is 13.2. The third-order valence-electron chi connectivity index (χ3n) is 6.50. The molecule has 4 aromatic carbocycles. The quantitative estimate of drug-likeness (QED) is 0.228. The molecule has 0 saturated heterocycles. The van der Waals surface area contributed by atoms with Crippen LogP contribution in [0.5, 0.6) is 5.75 Å². The Bertz CT molecular complexity index is 1310. The van der Waals surface area contributed by atoms with Crippen molar-refractivity contribution in [3.63, 3.8) is 0 Å². The fourth-order valence-corrected chi connectivity index (χ4v) is 4.63. The third-order valence-corrected chi connectivity index (χ3v) is 6.50. The summed E-state index contributed by atoms with van der Waals surface area (Å²) in [4.78, 5) is 12.3. The molecule has 4 rings (SSSR count). The van der Waals surface area contributed by atoms with E-state index in [9.17, 15) is 4.79 Å². The number of benzene rings is 4. The average molecular weight is 524 g/mol. The number of carbonyl (C=O) groups excluding carboxylic acids is 1. The molecule has 39 heavy (non-hydrogen) atoms. The van der Waals surface area contributed by atoms with Crippen LogP contribution in [0.15, 0.2) is 109 Å². The van der Waals surface area contributed by atoms with Crippen LogP contribution in [0.4, 0.5) is 4.79 Å². The van der Waals surface area contributed by atoms with E-state index in [1.54, 1.807) is 7.11 Å². The van der Waals surface area contributed by atoms with Gasteiger partial charge in [0.15, 0.2) is 0 Å². The molecule has 1 atom stereocenters. The van der Waals surface area contributed by atoms with Crippen LogP contribution in [0, 0.1) is 0 Å². The van der Waals surface area contributed by atoms with E-state index in [0.29, 0.717) is 6.61 Å². The van der Waals surface area contributed by atoms with Gasteiger partial charge in [-0.15, -0.1) is 0 Å². The monoisotopic (exact) mass is 523 g/mol. The zero-order chi connectivity index (χ0) is 27.9. The Morgan fingerprint density at radius 1 is 0.769 bits per heavy atom. The molecule has 0 saturated carbocycles. The fourth-order valence-electron chi connectivity index (χ4n) is 4.63. The molecular formula is C34H37NO4. The molecule has 1 N–H and O–H groups in total. The van der Waals surface area contributed by atoms with E-state index in [1.807, 2.05) is 94.4 Å². The summed E-state index contributed by atoms with van der Waals surface area (Å²) < 4.78 is 17.8. The van der Waals surface area contributed by atoms with Crippen LogP contribution in [-0.2, 0) is 21.7 Å². The highest BCUT2D eigenvalue weighted by Crippen LogP contribution is 2.41. The van der Waals surface area contributed by atoms with Crippen molar-refractivity contribution in [2.45, 2.75) is 51.5 Å². The van der Waals surface area contributed by atoms with Crippen molar-refractivity contribution < 1.29 is 19.0 Å². The predicted molar refractivity (Wildman–Crippen MR) is 155 cm³/mol. The Morgan fingerprint density at radius 3 is 1.87 bits per heavy atom. The largest absolute Gasteiger partial charge is 0.497 e. The highest BCUT2D eigenvalue weighted by atomic mass is 16.6. The van der Waals surface area contributed by atoms with Crippen LogP contribution in [-0.4, -0.2) is 18.8 Å². The molecule has 0 radical (unpaired) electrons. The molecule has 0 aromatic heterocycles. The minimum Gasteiger partial charge on any atom is -0.497 e. The van der Waals surface area contributed by atoms with Gasteiger partial charge < -0.3 is 19.5 Å². The molecule has 0 unspecified atom stereocenters. The van der Waals surface area contributed by atoms with Crippen LogP contribution < -0.4 is 10.1 Å². The number of rotatable bonds is 9. The van der Waals surface area contributed by atoms with Crippen molar-refractivity contribution in [3.05, 3.63) is 137 Å². The first kappa shape index (κ1) is 27.9. The summed E-state index contributed by atoms with van der Waals surface area (Å²) in [5.74, 6) is 0.785. The summed E-state index contributed by atoms with van der Waals surface area (Å²) in [5, 5.41) is 2.93. The summed E-state index contributed by atoms with van der Waals surface area (Å²) in [7, 11) is 1.67. The maximum atomic E-state index is 12.3. The number of alkyl carbamates (subject to hydrolysis) is 1. The Labute approximate surface area is 231 Å². The molecule has 0 aliphatic rings. The van der Waals surface area contributed by atoms with E-state index in [0.717, 1.165) is 33.6 Å². The van der Waals surface area contributed by atoms with Gasteiger partial charge >= 0.3 is 6.09 Å². The minimum atomic E-state index is -0.856. The zero-order valence-corrected chi connectivity index (χ0v) is 23.3. The van der Waals surface area contributed by atoms with Gasteiger partial charge in [-0.05, 0) is 67.6 Å². The SMILES string of the molecule is COc1ccc(C(OCc2cccc([C@@H](C)NC(=O)OC(C)(C)C)c2)(c2ccccc2)c2ccccc2)cc1. The molecule has 0 aliphatic carbocycles. The maximum absolute atomic E-state index is 12.3. The summed E-state index contributed by atoms with van der Waals surface area (Å²) in [5.41, 5.74) is 3.60. The van der Waals surface area contributed by atoms with Crippen molar-refractivity contribution in [1.82, 2.24) is 5.32 Å². The number of amides is 1. The lowest BCUT2D eigenvalue weighted by Crippen LogP contribution is -2.34. The summed E-state index contributed by atoms with van der Waals surface area (Å²) in [6.07, 6.45) is -0.441. The fraction of sp³-hybridized carbons (Fsp3) is 0.265. The highest BCUT2D eigenvalue weighted by Gasteiger charge is 2.37. The first-order valence-electron chi connectivity index (χ1n) is 13.2. The second-order valence-corrected chi connectivity index (χ2v) is 10.5. The van der Waals surface area contributed by atoms with Crippen LogP contribution in [0.2, 0.25) is 0 Å². The highest BCUT2D eigenvalue weighted by molar-refractivity contribution is 5.68. The Morgan fingerprint density at radius 2 is 1.33 bits per heavy atom. The van der Waals surface area contributed by atoms with Gasteiger partial charge in [-0.25, -0.2) is 4.79 Å². The Kier molecular flexibility index (Phi) is 8.72. The number of hydrogen-bond acceptors (Lipinski definition) is 4. The smallest absolute Gasteiger partial charge is 0.408 e. The lowest BCUT2D eigenvalue weighted by atomic mass is 9.80. The Hall–Kier alpha value is -4.09. The van der Waals surface area contributed by atoms with Crippen LogP contribution in [0.1, 0.15) is 61.6 Å². The van der Waals surface area contributed by atoms with Crippen LogP contribution >= 0.6 is 0 Å². The van der Waals surface area contributed by atoms with Gasteiger partial charge in [0.25, 0.3) is 0 Å². The molecule has 0 heterocycles. The zero-order valence-electron chi connectivity index (χ0n) is 23.3. The van der Waals surface area contributed by atoms with Gasteiger partial charge in [0.05, 0.1) is 19.8 Å². The van der Waals surface area contributed by atoms with Crippen molar-refractivity contribution in [2.24, 2.45) is 0 Å². The number of methoxy groups -OCH3 is 1. The molecule has 5 nitrogen and oxygen atoms in total. The minimum absolute atomic E-state index is 0.227. The maximum Gasteiger partial charge on any atom is 0.408 e. The van der Waals surface area contributed by atoms with Gasteiger partial charge in [-0.1, -0.05) is 97.1 Å². The van der Waals surface area contributed by atoms with Crippen molar-refractivity contribution in [2.75, 3.05) is 7.11 Å². The standard InChI is InChI=1S/C34H37NO4/c1-25(35-32(36)39-33(2,3)4)27-14-12-13-26(23-27)24-38-34(28-15-8-6-9-16-28,29-17-10-7-11-18-29)30-19-21-31(37-5)22-20-30/h6-23,25H,24H2,1-5H3,(H,35,36)/t25-/m1/s1. The number of carbonyl (C=O) groups is 1. The van der Waals surface area contributed by atoms with Crippen LogP contribution in [0.25, 0.3) is 0 Å². The molecule has 0 fully saturated rings. The van der Waals surface area contributed by atoms with E-state index >= 15 is 0 Å². The molecule has 0 bridgehead atoms. The average Bonchev–Trinajstić information content (AvgIpc) is 2.94. The van der Waals surface area contributed by atoms with Gasteiger partial charge in [0.1, 0.15) is 17.0 Å². The van der Waals surface area contributed by atoms with E-state index in [2.05, 4.69) is 47.8 Å². The molecule has 4 aromatic rings. The van der Waals surface area contributed by atoms with Crippen molar-refractivity contribution in [1.29, 1.82) is 0 Å². The van der Waals surface area contributed by atoms with E-state index in [-0.39, 0.29) is 6.04 Å². The number of hydrogen-bond donors (Lipinski definition) is 1. The molecular weight excluding hydrogens is 486 g/mol. The molecule has 1 amide bonds. The van der Waals surface area contributed by atoms with Gasteiger partial charge in [0, 0.05) is 0 Å². The normalized spacial score (nSPS) is 12.4. The van der Waals surface area contributed by atoms with Crippen LogP contribution in [0.3, 0.4) is 0 Å². The van der Waals surface area contributed by atoms with Crippen molar-refractivity contribution >= 4 is 6.09 Å². The molecule has 5 heteroatoms. The number of ether oxygens (including phenoxy) is 3. The summed E-state index contributed by atoms with van der Waals surface area (Å²) in [6, 6.07) is 36.4. The van der Waals surface area contributed by atoms with E-state index in [1.165, 1.54) is 0 Å². The molecule has 202 valence electrons. The summed E-state index contributed by atoms with van der Waals surface area (Å²) >= 11 is 0.